The highest BCUT2D eigenvalue weighted by molar-refractivity contribution is 5.85. The van der Waals surface area contributed by atoms with E-state index < -0.39 is 0 Å². The van der Waals surface area contributed by atoms with Crippen molar-refractivity contribution in [1.29, 1.82) is 0 Å². The molecule has 0 atom stereocenters. The number of fused-ring (bicyclic) bond motifs is 1. The Kier molecular flexibility index (Phi) is 4.30. The summed E-state index contributed by atoms with van der Waals surface area (Å²) in [6.45, 7) is 4.86. The number of nitrogens with one attached hydrogen (secondary N) is 1. The Balaban J connectivity index is 2.04. The summed E-state index contributed by atoms with van der Waals surface area (Å²) >= 11 is 0. The maximum absolute atomic E-state index is 5.72. The molecule has 0 aliphatic rings. The Bertz CT molecular complexity index is 790. The van der Waals surface area contributed by atoms with Crippen molar-refractivity contribution in [3.8, 4) is 17.0 Å². The van der Waals surface area contributed by atoms with Gasteiger partial charge in [-0.05, 0) is 57.8 Å². The maximum atomic E-state index is 5.72. The van der Waals surface area contributed by atoms with Crippen LogP contribution in [0.1, 0.15) is 19.4 Å². The molecule has 1 aromatic carbocycles. The predicted octanol–water partition coefficient (Wildman–Crippen LogP) is 3.47. The van der Waals surface area contributed by atoms with Crippen LogP contribution in [0.25, 0.3) is 22.4 Å². The lowest BCUT2D eigenvalue weighted by molar-refractivity contribution is 0.242. The molecule has 1 N–H and O–H groups in total. The van der Waals surface area contributed by atoms with E-state index in [9.17, 15) is 0 Å². The summed E-state index contributed by atoms with van der Waals surface area (Å²) in [6, 6.07) is 8.14. The number of aromatic amines is 1. The Morgan fingerprint density at radius 1 is 1.09 bits per heavy atom. The van der Waals surface area contributed by atoms with Gasteiger partial charge in [-0.2, -0.15) is 0 Å². The SMILES string of the molecule is CC(C)Oc1ccc(-c2[nH]c3nccnc3c2CN(C)C)cc1. The minimum atomic E-state index is 0.173. The van der Waals surface area contributed by atoms with Gasteiger partial charge in [0.15, 0.2) is 5.65 Å². The van der Waals surface area contributed by atoms with Gasteiger partial charge in [0.2, 0.25) is 0 Å². The third-order valence-electron chi connectivity index (χ3n) is 3.52. The number of benzene rings is 1. The third kappa shape index (κ3) is 3.35. The zero-order valence-electron chi connectivity index (χ0n) is 14.0. The molecule has 0 unspecified atom stereocenters. The molecule has 23 heavy (non-hydrogen) atoms. The Hall–Kier alpha value is -2.40. The summed E-state index contributed by atoms with van der Waals surface area (Å²) in [4.78, 5) is 14.4. The topological polar surface area (TPSA) is 54.0 Å². The highest BCUT2D eigenvalue weighted by Crippen LogP contribution is 2.30. The molecule has 5 nitrogen and oxygen atoms in total. The molecule has 0 bridgehead atoms. The molecule has 0 fully saturated rings. The molecule has 0 amide bonds. The number of hydrogen-bond donors (Lipinski definition) is 1. The number of hydrogen-bond acceptors (Lipinski definition) is 4. The van der Waals surface area contributed by atoms with Crippen LogP contribution in [-0.2, 0) is 6.54 Å². The molecular formula is C18H22N4O. The molecule has 0 spiro atoms. The van der Waals surface area contributed by atoms with Gasteiger partial charge in [-0.3, -0.25) is 4.98 Å². The lowest BCUT2D eigenvalue weighted by Crippen LogP contribution is -2.11. The van der Waals surface area contributed by atoms with Gasteiger partial charge in [-0.1, -0.05) is 0 Å². The van der Waals surface area contributed by atoms with Crippen LogP contribution in [0, 0.1) is 0 Å². The molecule has 2 aromatic heterocycles. The molecule has 0 saturated carbocycles. The van der Waals surface area contributed by atoms with Crippen molar-refractivity contribution in [2.45, 2.75) is 26.5 Å². The molecule has 3 rings (SSSR count). The predicted molar refractivity (Wildman–Crippen MR) is 92.5 cm³/mol. The van der Waals surface area contributed by atoms with Gasteiger partial charge in [0, 0.05) is 24.5 Å². The first kappa shape index (κ1) is 15.5. The lowest BCUT2D eigenvalue weighted by atomic mass is 10.1. The van der Waals surface area contributed by atoms with Crippen LogP contribution in [0.5, 0.6) is 5.75 Å². The van der Waals surface area contributed by atoms with Crippen LogP contribution >= 0.6 is 0 Å². The second kappa shape index (κ2) is 6.38. The largest absolute Gasteiger partial charge is 0.491 e. The van der Waals surface area contributed by atoms with Crippen LogP contribution in [0.4, 0.5) is 0 Å². The molecule has 0 aliphatic carbocycles. The fourth-order valence-corrected chi connectivity index (χ4v) is 2.65. The Morgan fingerprint density at radius 3 is 2.43 bits per heavy atom. The molecule has 120 valence electrons. The van der Waals surface area contributed by atoms with Gasteiger partial charge in [-0.15, -0.1) is 0 Å². The van der Waals surface area contributed by atoms with Gasteiger partial charge in [0.25, 0.3) is 0 Å². The third-order valence-corrected chi connectivity index (χ3v) is 3.52. The van der Waals surface area contributed by atoms with E-state index in [1.807, 2.05) is 26.0 Å². The molecule has 5 heteroatoms. The number of rotatable bonds is 5. The Morgan fingerprint density at radius 2 is 1.78 bits per heavy atom. The van der Waals surface area contributed by atoms with E-state index in [4.69, 9.17) is 4.74 Å². The zero-order chi connectivity index (χ0) is 16.4. The van der Waals surface area contributed by atoms with Crippen LogP contribution in [0.15, 0.2) is 36.7 Å². The minimum Gasteiger partial charge on any atom is -0.491 e. The normalized spacial score (nSPS) is 11.6. The van der Waals surface area contributed by atoms with E-state index in [-0.39, 0.29) is 6.10 Å². The summed E-state index contributed by atoms with van der Waals surface area (Å²) in [5.41, 5.74) is 5.09. The molecule has 0 radical (unpaired) electrons. The quantitative estimate of drug-likeness (QED) is 0.784. The van der Waals surface area contributed by atoms with E-state index in [0.29, 0.717) is 0 Å². The van der Waals surface area contributed by atoms with Gasteiger partial charge >= 0.3 is 0 Å². The smallest absolute Gasteiger partial charge is 0.156 e. The number of aromatic nitrogens is 3. The summed E-state index contributed by atoms with van der Waals surface area (Å²) < 4.78 is 5.72. The summed E-state index contributed by atoms with van der Waals surface area (Å²) in [7, 11) is 4.11. The first-order valence-electron chi connectivity index (χ1n) is 7.78. The summed E-state index contributed by atoms with van der Waals surface area (Å²) in [6.07, 6.45) is 3.62. The van der Waals surface area contributed by atoms with Gasteiger partial charge in [-0.25, -0.2) is 4.98 Å². The zero-order valence-corrected chi connectivity index (χ0v) is 14.0. The first-order valence-corrected chi connectivity index (χ1v) is 7.78. The number of ether oxygens (including phenoxy) is 1. The van der Waals surface area contributed by atoms with Crippen molar-refractivity contribution in [1.82, 2.24) is 19.9 Å². The fraction of sp³-hybridized carbons (Fsp3) is 0.333. The average Bonchev–Trinajstić information content (AvgIpc) is 2.86. The lowest BCUT2D eigenvalue weighted by Gasteiger charge is -2.12. The molecular weight excluding hydrogens is 288 g/mol. The highest BCUT2D eigenvalue weighted by Gasteiger charge is 2.15. The average molecular weight is 310 g/mol. The van der Waals surface area contributed by atoms with Crippen molar-refractivity contribution in [3.05, 3.63) is 42.2 Å². The van der Waals surface area contributed by atoms with Crippen molar-refractivity contribution < 1.29 is 4.74 Å². The fourth-order valence-electron chi connectivity index (χ4n) is 2.65. The van der Waals surface area contributed by atoms with Crippen molar-refractivity contribution >= 4 is 11.2 Å². The van der Waals surface area contributed by atoms with E-state index >= 15 is 0 Å². The van der Waals surface area contributed by atoms with Gasteiger partial charge in [0.05, 0.1) is 11.8 Å². The first-order chi connectivity index (χ1) is 11.0. The van der Waals surface area contributed by atoms with E-state index in [1.54, 1.807) is 12.4 Å². The van der Waals surface area contributed by atoms with Crippen molar-refractivity contribution in [2.75, 3.05) is 14.1 Å². The number of nitrogens with zero attached hydrogens (tertiary/aromatic N) is 3. The monoisotopic (exact) mass is 310 g/mol. The van der Waals surface area contributed by atoms with E-state index in [1.165, 1.54) is 0 Å². The maximum Gasteiger partial charge on any atom is 0.156 e. The second-order valence-electron chi connectivity index (χ2n) is 6.16. The van der Waals surface area contributed by atoms with Crippen molar-refractivity contribution in [2.24, 2.45) is 0 Å². The van der Waals surface area contributed by atoms with Crippen LogP contribution < -0.4 is 4.74 Å². The summed E-state index contributed by atoms with van der Waals surface area (Å²) in [5, 5.41) is 0. The number of H-pyrrole nitrogens is 1. The van der Waals surface area contributed by atoms with Gasteiger partial charge in [0.1, 0.15) is 11.3 Å². The minimum absolute atomic E-state index is 0.173. The van der Waals surface area contributed by atoms with Crippen LogP contribution in [0.2, 0.25) is 0 Å². The second-order valence-corrected chi connectivity index (χ2v) is 6.16. The molecule has 3 aromatic rings. The summed E-state index contributed by atoms with van der Waals surface area (Å²) in [5.74, 6) is 0.880. The standard InChI is InChI=1S/C18H22N4O/c1-12(2)23-14-7-5-13(6-8-14)16-15(11-22(3)4)17-18(21-16)20-10-9-19-17/h5-10,12H,11H2,1-4H3,(H,20,21). The molecule has 2 heterocycles. The highest BCUT2D eigenvalue weighted by atomic mass is 16.5. The van der Waals surface area contributed by atoms with Crippen LogP contribution in [0.3, 0.4) is 0 Å². The van der Waals surface area contributed by atoms with E-state index in [0.717, 1.165) is 40.3 Å². The molecule has 0 saturated heterocycles. The Labute approximate surface area is 136 Å². The van der Waals surface area contributed by atoms with Gasteiger partial charge < -0.3 is 14.6 Å². The van der Waals surface area contributed by atoms with Crippen molar-refractivity contribution in [3.63, 3.8) is 0 Å². The van der Waals surface area contributed by atoms with E-state index in [2.05, 4.69) is 46.1 Å². The molecule has 0 aliphatic heterocycles. The van der Waals surface area contributed by atoms with Crippen LogP contribution in [-0.4, -0.2) is 40.1 Å².